The fraction of sp³-hybridized carbons (Fsp3) is 0.182. The largest absolute Gasteiger partial charge is 0.480 e. The van der Waals surface area contributed by atoms with Gasteiger partial charge in [-0.1, -0.05) is 12.1 Å². The standard InChI is InChI=1S/C22H20N4O7/c1-3-32-22(29)21-19(12-25(24-21)15-8-10-16(11-9-15)26(30)31)33-13-20(28)23-18-7-5-4-6-17(18)14(2)27/h4-12H,3,13H2,1-2H3,(H,23,28). The van der Waals surface area contributed by atoms with Crippen molar-refractivity contribution in [3.63, 3.8) is 0 Å². The van der Waals surface area contributed by atoms with Crippen molar-refractivity contribution in [3.8, 4) is 11.4 Å². The average molecular weight is 452 g/mol. The maximum Gasteiger partial charge on any atom is 0.362 e. The molecule has 33 heavy (non-hydrogen) atoms. The van der Waals surface area contributed by atoms with Gasteiger partial charge in [-0.15, -0.1) is 0 Å². The minimum Gasteiger partial charge on any atom is -0.480 e. The molecule has 1 heterocycles. The number of amides is 1. The molecule has 1 aromatic heterocycles. The van der Waals surface area contributed by atoms with Crippen molar-refractivity contribution in [2.24, 2.45) is 0 Å². The second-order valence-electron chi connectivity index (χ2n) is 6.72. The molecule has 0 aliphatic rings. The number of esters is 1. The summed E-state index contributed by atoms with van der Waals surface area (Å²) in [6.45, 7) is 2.65. The van der Waals surface area contributed by atoms with Crippen LogP contribution in [0.1, 0.15) is 34.7 Å². The summed E-state index contributed by atoms with van der Waals surface area (Å²) in [6.07, 6.45) is 1.37. The number of para-hydroxylation sites is 1. The molecule has 1 N–H and O–H groups in total. The van der Waals surface area contributed by atoms with Crippen molar-refractivity contribution in [1.29, 1.82) is 0 Å². The fourth-order valence-electron chi connectivity index (χ4n) is 2.89. The van der Waals surface area contributed by atoms with Gasteiger partial charge in [-0.25, -0.2) is 9.48 Å². The van der Waals surface area contributed by atoms with Crippen LogP contribution in [0.15, 0.2) is 54.7 Å². The molecule has 0 aliphatic carbocycles. The number of nitrogens with one attached hydrogen (secondary N) is 1. The summed E-state index contributed by atoms with van der Waals surface area (Å²) in [5.74, 6) is -1.53. The molecule has 170 valence electrons. The van der Waals surface area contributed by atoms with Gasteiger partial charge in [0, 0.05) is 17.7 Å². The highest BCUT2D eigenvalue weighted by Gasteiger charge is 2.21. The molecule has 0 fully saturated rings. The first-order chi connectivity index (χ1) is 15.8. The summed E-state index contributed by atoms with van der Waals surface area (Å²) in [6, 6.07) is 12.0. The number of ketones is 1. The molecule has 3 rings (SSSR count). The second kappa shape index (κ2) is 10.2. The molecule has 11 nitrogen and oxygen atoms in total. The van der Waals surface area contributed by atoms with Gasteiger partial charge in [0.25, 0.3) is 11.6 Å². The Bertz CT molecular complexity index is 1200. The van der Waals surface area contributed by atoms with Gasteiger partial charge < -0.3 is 14.8 Å². The van der Waals surface area contributed by atoms with Crippen LogP contribution in [0, 0.1) is 10.1 Å². The lowest BCUT2D eigenvalue weighted by Gasteiger charge is -2.10. The molecule has 2 aromatic carbocycles. The zero-order valence-electron chi connectivity index (χ0n) is 17.8. The van der Waals surface area contributed by atoms with E-state index < -0.39 is 23.4 Å². The van der Waals surface area contributed by atoms with E-state index in [4.69, 9.17) is 9.47 Å². The summed E-state index contributed by atoms with van der Waals surface area (Å²) < 4.78 is 11.8. The van der Waals surface area contributed by atoms with E-state index in [1.807, 2.05) is 0 Å². The van der Waals surface area contributed by atoms with Crippen LogP contribution in [-0.4, -0.2) is 45.6 Å². The van der Waals surface area contributed by atoms with E-state index in [0.29, 0.717) is 16.9 Å². The molecule has 0 saturated heterocycles. The number of Topliss-reactive ketones (excluding diaryl/α,β-unsaturated/α-hetero) is 1. The first-order valence-electron chi connectivity index (χ1n) is 9.84. The highest BCUT2D eigenvalue weighted by molar-refractivity contribution is 6.04. The molecule has 0 spiro atoms. The van der Waals surface area contributed by atoms with Crippen LogP contribution in [0.5, 0.6) is 5.75 Å². The first kappa shape index (κ1) is 23.1. The smallest absolute Gasteiger partial charge is 0.362 e. The van der Waals surface area contributed by atoms with E-state index >= 15 is 0 Å². The van der Waals surface area contributed by atoms with Gasteiger partial charge >= 0.3 is 5.97 Å². The van der Waals surface area contributed by atoms with Crippen LogP contribution < -0.4 is 10.1 Å². The average Bonchev–Trinajstić information content (AvgIpc) is 3.22. The number of nitro benzene ring substituents is 1. The number of anilines is 1. The molecule has 0 aliphatic heterocycles. The third kappa shape index (κ3) is 5.58. The lowest BCUT2D eigenvalue weighted by atomic mass is 10.1. The number of aromatic nitrogens is 2. The van der Waals surface area contributed by atoms with Crippen molar-refractivity contribution < 1.29 is 28.8 Å². The number of nitro groups is 1. The molecule has 0 saturated carbocycles. The van der Waals surface area contributed by atoms with Gasteiger partial charge in [-0.3, -0.25) is 19.7 Å². The van der Waals surface area contributed by atoms with Crippen LogP contribution in [0.4, 0.5) is 11.4 Å². The van der Waals surface area contributed by atoms with E-state index in [-0.39, 0.29) is 29.5 Å². The quantitative estimate of drug-likeness (QED) is 0.226. The SMILES string of the molecule is CCOC(=O)c1nn(-c2ccc([N+](=O)[O-])cc2)cc1OCC(=O)Nc1ccccc1C(C)=O. The van der Waals surface area contributed by atoms with Crippen molar-refractivity contribution in [2.75, 3.05) is 18.5 Å². The molecule has 3 aromatic rings. The molecule has 0 radical (unpaired) electrons. The summed E-state index contributed by atoms with van der Waals surface area (Å²) in [5, 5.41) is 17.6. The van der Waals surface area contributed by atoms with Gasteiger partial charge in [0.2, 0.25) is 5.69 Å². The summed E-state index contributed by atoms with van der Waals surface area (Å²) in [7, 11) is 0. The Kier molecular flexibility index (Phi) is 7.13. The number of hydrogen-bond donors (Lipinski definition) is 1. The number of rotatable bonds is 9. The van der Waals surface area contributed by atoms with Crippen LogP contribution >= 0.6 is 0 Å². The molecule has 0 atom stereocenters. The van der Waals surface area contributed by atoms with E-state index in [2.05, 4.69) is 10.4 Å². The topological polar surface area (TPSA) is 143 Å². The van der Waals surface area contributed by atoms with Gasteiger partial charge in [0.05, 0.1) is 29.1 Å². The van der Waals surface area contributed by atoms with Crippen molar-refractivity contribution >= 4 is 29.0 Å². The van der Waals surface area contributed by atoms with Gasteiger partial charge in [-0.2, -0.15) is 5.10 Å². The Balaban J connectivity index is 1.80. The van der Waals surface area contributed by atoms with E-state index in [0.717, 1.165) is 0 Å². The van der Waals surface area contributed by atoms with E-state index in [1.165, 1.54) is 42.1 Å². The fourth-order valence-corrected chi connectivity index (χ4v) is 2.89. The molecule has 1 amide bonds. The Hall–Kier alpha value is -4.54. The highest BCUT2D eigenvalue weighted by atomic mass is 16.6. The normalized spacial score (nSPS) is 10.4. The Labute approximate surface area is 188 Å². The molecule has 11 heteroatoms. The lowest BCUT2D eigenvalue weighted by Crippen LogP contribution is -2.22. The zero-order chi connectivity index (χ0) is 24.0. The van der Waals surface area contributed by atoms with E-state index in [1.54, 1.807) is 31.2 Å². The second-order valence-corrected chi connectivity index (χ2v) is 6.72. The Morgan fingerprint density at radius 2 is 1.82 bits per heavy atom. The monoisotopic (exact) mass is 452 g/mol. The van der Waals surface area contributed by atoms with Crippen molar-refractivity contribution in [1.82, 2.24) is 9.78 Å². The zero-order valence-corrected chi connectivity index (χ0v) is 17.8. The van der Waals surface area contributed by atoms with Crippen LogP contribution in [0.25, 0.3) is 5.69 Å². The van der Waals surface area contributed by atoms with Crippen LogP contribution in [-0.2, 0) is 9.53 Å². The molecule has 0 unspecified atom stereocenters. The molecule has 0 bridgehead atoms. The number of nitrogens with zero attached hydrogens (tertiary/aromatic N) is 3. The number of ether oxygens (including phenoxy) is 2. The summed E-state index contributed by atoms with van der Waals surface area (Å²) in [5.41, 5.74) is 0.860. The van der Waals surface area contributed by atoms with Gasteiger partial charge in [0.15, 0.2) is 18.1 Å². The molecular weight excluding hydrogens is 432 g/mol. The number of carbonyl (C=O) groups is 3. The van der Waals surface area contributed by atoms with Gasteiger partial charge in [0.1, 0.15) is 0 Å². The summed E-state index contributed by atoms with van der Waals surface area (Å²) in [4.78, 5) is 46.7. The Morgan fingerprint density at radius 3 is 2.45 bits per heavy atom. The van der Waals surface area contributed by atoms with Crippen molar-refractivity contribution in [3.05, 3.63) is 76.1 Å². The number of benzene rings is 2. The maximum absolute atomic E-state index is 12.4. The van der Waals surface area contributed by atoms with Gasteiger partial charge in [-0.05, 0) is 38.1 Å². The number of hydrogen-bond acceptors (Lipinski definition) is 8. The van der Waals surface area contributed by atoms with E-state index in [9.17, 15) is 24.5 Å². The third-order valence-corrected chi connectivity index (χ3v) is 4.41. The lowest BCUT2D eigenvalue weighted by molar-refractivity contribution is -0.384. The number of non-ortho nitro benzene ring substituents is 1. The summed E-state index contributed by atoms with van der Waals surface area (Å²) >= 11 is 0. The van der Waals surface area contributed by atoms with Crippen molar-refractivity contribution in [2.45, 2.75) is 13.8 Å². The predicted molar refractivity (Wildman–Crippen MR) is 117 cm³/mol. The number of carbonyl (C=O) groups excluding carboxylic acids is 3. The third-order valence-electron chi connectivity index (χ3n) is 4.41. The maximum atomic E-state index is 12.4. The Morgan fingerprint density at radius 1 is 1.12 bits per heavy atom. The van der Waals surface area contributed by atoms with Crippen LogP contribution in [0.2, 0.25) is 0 Å². The minimum atomic E-state index is -0.754. The minimum absolute atomic E-state index is 0.0122. The first-order valence-corrected chi connectivity index (χ1v) is 9.84. The predicted octanol–water partition coefficient (Wildman–Crippen LogP) is 3.18. The highest BCUT2D eigenvalue weighted by Crippen LogP contribution is 2.23. The molecular formula is C22H20N4O7. The van der Waals surface area contributed by atoms with Crippen LogP contribution in [0.3, 0.4) is 0 Å².